The fraction of sp³-hybridized carbons (Fsp3) is 0.214. The second-order valence-corrected chi connectivity index (χ2v) is 6.43. The number of aromatic nitrogens is 1. The number of nitrogens with zero attached hydrogens (tertiary/aromatic N) is 2. The van der Waals surface area contributed by atoms with Gasteiger partial charge in [0.25, 0.3) is 10.0 Å². The summed E-state index contributed by atoms with van der Waals surface area (Å²) in [5.74, 6) is -0.880. The van der Waals surface area contributed by atoms with Crippen molar-refractivity contribution in [2.24, 2.45) is 0 Å². The highest BCUT2D eigenvalue weighted by Crippen LogP contribution is 2.17. The van der Waals surface area contributed by atoms with Gasteiger partial charge in [0.15, 0.2) is 5.82 Å². The summed E-state index contributed by atoms with van der Waals surface area (Å²) in [5.41, 5.74) is 1.41. The Bertz CT molecular complexity index is 715. The SMILES string of the molecule is CN(C)Cc1ccc(NS(=O)(=O)c2ncccc2F)cc1. The molecule has 2 rings (SSSR count). The Labute approximate surface area is 123 Å². The summed E-state index contributed by atoms with van der Waals surface area (Å²) in [6.45, 7) is 0.752. The number of hydrogen-bond acceptors (Lipinski definition) is 4. The highest BCUT2D eigenvalue weighted by molar-refractivity contribution is 7.92. The number of pyridine rings is 1. The summed E-state index contributed by atoms with van der Waals surface area (Å²) in [6.07, 6.45) is 1.23. The number of benzene rings is 1. The van der Waals surface area contributed by atoms with Gasteiger partial charge < -0.3 is 4.90 Å². The van der Waals surface area contributed by atoms with E-state index in [1.54, 1.807) is 12.1 Å². The minimum Gasteiger partial charge on any atom is -0.305 e. The molecular formula is C14H16FN3O2S. The Morgan fingerprint density at radius 3 is 2.43 bits per heavy atom. The van der Waals surface area contributed by atoms with Crippen LogP contribution >= 0.6 is 0 Å². The molecule has 0 amide bonds. The van der Waals surface area contributed by atoms with Crippen molar-refractivity contribution in [2.45, 2.75) is 11.6 Å². The maximum absolute atomic E-state index is 13.5. The van der Waals surface area contributed by atoms with Crippen molar-refractivity contribution < 1.29 is 12.8 Å². The third-order valence-electron chi connectivity index (χ3n) is 2.68. The molecule has 112 valence electrons. The molecule has 0 aliphatic rings. The second kappa shape index (κ2) is 6.19. The zero-order chi connectivity index (χ0) is 15.5. The van der Waals surface area contributed by atoms with Gasteiger partial charge in [0.2, 0.25) is 5.03 Å². The first-order valence-electron chi connectivity index (χ1n) is 6.25. The van der Waals surface area contributed by atoms with E-state index >= 15 is 0 Å². The molecule has 0 saturated heterocycles. The van der Waals surface area contributed by atoms with Gasteiger partial charge in [0.05, 0.1) is 0 Å². The Hall–Kier alpha value is -1.99. The van der Waals surface area contributed by atoms with Gasteiger partial charge in [-0.2, -0.15) is 8.42 Å². The van der Waals surface area contributed by atoms with E-state index in [1.165, 1.54) is 12.3 Å². The molecule has 1 aromatic heterocycles. The van der Waals surface area contributed by atoms with E-state index in [2.05, 4.69) is 9.71 Å². The van der Waals surface area contributed by atoms with Crippen LogP contribution in [0.5, 0.6) is 0 Å². The van der Waals surface area contributed by atoms with Crippen molar-refractivity contribution in [3.8, 4) is 0 Å². The minimum absolute atomic E-state index is 0.363. The number of halogens is 1. The Morgan fingerprint density at radius 1 is 1.19 bits per heavy atom. The molecule has 7 heteroatoms. The van der Waals surface area contributed by atoms with E-state index in [-0.39, 0.29) is 0 Å². The number of hydrogen-bond donors (Lipinski definition) is 1. The normalized spacial score (nSPS) is 11.6. The molecule has 0 aliphatic carbocycles. The molecule has 5 nitrogen and oxygen atoms in total. The largest absolute Gasteiger partial charge is 0.305 e. The van der Waals surface area contributed by atoms with Gasteiger partial charge in [0.1, 0.15) is 0 Å². The number of anilines is 1. The van der Waals surface area contributed by atoms with Crippen molar-refractivity contribution in [3.05, 3.63) is 54.0 Å². The zero-order valence-electron chi connectivity index (χ0n) is 11.7. The van der Waals surface area contributed by atoms with E-state index in [0.717, 1.165) is 18.2 Å². The van der Waals surface area contributed by atoms with Gasteiger partial charge in [0, 0.05) is 18.4 Å². The fourth-order valence-corrected chi connectivity index (χ4v) is 2.88. The lowest BCUT2D eigenvalue weighted by Gasteiger charge is -2.11. The molecule has 2 aromatic rings. The van der Waals surface area contributed by atoms with Crippen LogP contribution in [0.3, 0.4) is 0 Å². The minimum atomic E-state index is -4.03. The summed E-state index contributed by atoms with van der Waals surface area (Å²) in [7, 11) is -0.137. The lowest BCUT2D eigenvalue weighted by molar-refractivity contribution is 0.402. The van der Waals surface area contributed by atoms with Crippen LogP contribution in [0, 0.1) is 5.82 Å². The average Bonchev–Trinajstić information content (AvgIpc) is 2.40. The Balaban J connectivity index is 2.19. The summed E-state index contributed by atoms with van der Waals surface area (Å²) in [4.78, 5) is 5.57. The number of rotatable bonds is 5. The summed E-state index contributed by atoms with van der Waals surface area (Å²) in [6, 6.07) is 9.29. The van der Waals surface area contributed by atoms with Crippen molar-refractivity contribution in [1.29, 1.82) is 0 Å². The van der Waals surface area contributed by atoms with E-state index in [4.69, 9.17) is 0 Å². The van der Waals surface area contributed by atoms with Gasteiger partial charge in [-0.05, 0) is 43.9 Å². The average molecular weight is 309 g/mol. The molecule has 0 unspecified atom stereocenters. The van der Waals surface area contributed by atoms with Gasteiger partial charge in [-0.3, -0.25) is 4.72 Å². The molecular weight excluding hydrogens is 293 g/mol. The van der Waals surface area contributed by atoms with Crippen molar-refractivity contribution >= 4 is 15.7 Å². The summed E-state index contributed by atoms with van der Waals surface area (Å²) < 4.78 is 39.9. The lowest BCUT2D eigenvalue weighted by Crippen LogP contribution is -2.16. The van der Waals surface area contributed by atoms with Crippen molar-refractivity contribution in [1.82, 2.24) is 9.88 Å². The lowest BCUT2D eigenvalue weighted by atomic mass is 10.2. The number of sulfonamides is 1. The monoisotopic (exact) mass is 309 g/mol. The van der Waals surface area contributed by atoms with Gasteiger partial charge >= 0.3 is 0 Å². The maximum Gasteiger partial charge on any atom is 0.282 e. The maximum atomic E-state index is 13.5. The van der Waals surface area contributed by atoms with E-state index in [1.807, 2.05) is 31.1 Å². The molecule has 0 bridgehead atoms. The standard InChI is InChI=1S/C14H16FN3O2S/c1-18(2)10-11-5-7-12(8-6-11)17-21(19,20)14-13(15)4-3-9-16-14/h3-9,17H,10H2,1-2H3. The Morgan fingerprint density at radius 2 is 1.86 bits per heavy atom. The smallest absolute Gasteiger partial charge is 0.282 e. The fourth-order valence-electron chi connectivity index (χ4n) is 1.82. The third-order valence-corrected chi connectivity index (χ3v) is 4.00. The van der Waals surface area contributed by atoms with Crippen LogP contribution in [-0.2, 0) is 16.6 Å². The molecule has 0 aliphatic heterocycles. The van der Waals surface area contributed by atoms with Gasteiger partial charge in [-0.1, -0.05) is 12.1 Å². The van der Waals surface area contributed by atoms with Crippen molar-refractivity contribution in [3.63, 3.8) is 0 Å². The molecule has 0 atom stereocenters. The highest BCUT2D eigenvalue weighted by atomic mass is 32.2. The highest BCUT2D eigenvalue weighted by Gasteiger charge is 2.20. The molecule has 0 spiro atoms. The summed E-state index contributed by atoms with van der Waals surface area (Å²) in [5, 5.41) is -0.609. The first-order valence-corrected chi connectivity index (χ1v) is 7.74. The first-order chi connectivity index (χ1) is 9.88. The van der Waals surface area contributed by atoms with Crippen LogP contribution in [0.15, 0.2) is 47.6 Å². The zero-order valence-corrected chi connectivity index (χ0v) is 12.6. The Kier molecular flexibility index (Phi) is 4.54. The van der Waals surface area contributed by atoms with E-state index in [9.17, 15) is 12.8 Å². The van der Waals surface area contributed by atoms with Crippen molar-refractivity contribution in [2.75, 3.05) is 18.8 Å². The van der Waals surface area contributed by atoms with Gasteiger partial charge in [-0.25, -0.2) is 9.37 Å². The topological polar surface area (TPSA) is 62.3 Å². The molecule has 0 saturated carbocycles. The van der Waals surface area contributed by atoms with Crippen LogP contribution in [0.4, 0.5) is 10.1 Å². The first kappa shape index (κ1) is 15.4. The second-order valence-electron chi connectivity index (χ2n) is 4.83. The van der Waals surface area contributed by atoms with Crippen LogP contribution < -0.4 is 4.72 Å². The van der Waals surface area contributed by atoms with Crippen LogP contribution in [0.2, 0.25) is 0 Å². The number of nitrogens with one attached hydrogen (secondary N) is 1. The molecule has 1 aromatic carbocycles. The predicted octanol–water partition coefficient (Wildman–Crippen LogP) is 2.08. The van der Waals surface area contributed by atoms with E-state index < -0.39 is 20.9 Å². The molecule has 21 heavy (non-hydrogen) atoms. The van der Waals surface area contributed by atoms with Gasteiger partial charge in [-0.15, -0.1) is 0 Å². The third kappa shape index (κ3) is 3.99. The van der Waals surface area contributed by atoms with Crippen LogP contribution in [0.25, 0.3) is 0 Å². The molecule has 0 radical (unpaired) electrons. The summed E-state index contributed by atoms with van der Waals surface area (Å²) >= 11 is 0. The molecule has 0 fully saturated rings. The van der Waals surface area contributed by atoms with Crippen LogP contribution in [0.1, 0.15) is 5.56 Å². The molecule has 1 heterocycles. The van der Waals surface area contributed by atoms with Crippen LogP contribution in [-0.4, -0.2) is 32.4 Å². The van der Waals surface area contributed by atoms with E-state index in [0.29, 0.717) is 5.69 Å². The molecule has 1 N–H and O–H groups in total. The predicted molar refractivity (Wildman–Crippen MR) is 78.8 cm³/mol. The quantitative estimate of drug-likeness (QED) is 0.918.